The molecule has 1 aliphatic heterocycles. The molecule has 1 fully saturated rings. The summed E-state index contributed by atoms with van der Waals surface area (Å²) in [6.07, 6.45) is 1.16. The van der Waals surface area contributed by atoms with Crippen LogP contribution in [0.15, 0.2) is 47.4 Å². The normalized spacial score (nSPS) is 15.2. The summed E-state index contributed by atoms with van der Waals surface area (Å²) in [5, 5.41) is 1.00. The van der Waals surface area contributed by atoms with Gasteiger partial charge in [0, 0.05) is 38.0 Å². The Morgan fingerprint density at radius 3 is 2.30 bits per heavy atom. The molecular formula is C22H25N3O3S2. The molecule has 3 aromatic rings. The molecule has 4 rings (SSSR count). The molecule has 6 nitrogen and oxygen atoms in total. The molecule has 30 heavy (non-hydrogen) atoms. The predicted molar refractivity (Wildman–Crippen MR) is 121 cm³/mol. The molecule has 2 aromatic carbocycles. The Kier molecular flexibility index (Phi) is 5.55. The number of carbonyl (C=O) groups is 1. The summed E-state index contributed by atoms with van der Waals surface area (Å²) in [5.41, 5.74) is 2.86. The first kappa shape index (κ1) is 20.8. The van der Waals surface area contributed by atoms with E-state index < -0.39 is 9.84 Å². The third-order valence-corrected chi connectivity index (χ3v) is 7.64. The maximum atomic E-state index is 12.8. The summed E-state index contributed by atoms with van der Waals surface area (Å²) in [6, 6.07) is 12.5. The van der Waals surface area contributed by atoms with Crippen LogP contribution in [-0.4, -0.2) is 56.6 Å². The van der Waals surface area contributed by atoms with E-state index in [-0.39, 0.29) is 10.8 Å². The van der Waals surface area contributed by atoms with Crippen molar-refractivity contribution in [2.24, 2.45) is 0 Å². The van der Waals surface area contributed by atoms with E-state index in [1.165, 1.54) is 22.4 Å². The number of hydrogen-bond acceptors (Lipinski definition) is 6. The van der Waals surface area contributed by atoms with Crippen LogP contribution in [0.2, 0.25) is 0 Å². The van der Waals surface area contributed by atoms with Gasteiger partial charge in [0.1, 0.15) is 0 Å². The average Bonchev–Trinajstić information content (AvgIpc) is 3.17. The molecule has 0 radical (unpaired) electrons. The smallest absolute Gasteiger partial charge is 0.253 e. The fourth-order valence-corrected chi connectivity index (χ4v) is 5.37. The van der Waals surface area contributed by atoms with E-state index in [0.29, 0.717) is 24.6 Å². The predicted octanol–water partition coefficient (Wildman–Crippen LogP) is 3.79. The first-order valence-electron chi connectivity index (χ1n) is 9.98. The van der Waals surface area contributed by atoms with Gasteiger partial charge in [0.25, 0.3) is 5.91 Å². The lowest BCUT2D eigenvalue weighted by atomic mass is 10.0. The standard InChI is InChI=1S/C22H25N3O3S2/c1-15(2)18-5-4-6-19-20(18)23-22(29-19)25-13-11-24(12-14-25)21(26)16-7-9-17(10-8-16)30(3,27)28/h4-10,15H,11-14H2,1-3H3. The highest BCUT2D eigenvalue weighted by atomic mass is 32.2. The van der Waals surface area contributed by atoms with E-state index in [9.17, 15) is 13.2 Å². The molecule has 2 heterocycles. The molecule has 1 amide bonds. The second-order valence-corrected chi connectivity index (χ2v) is 10.9. The topological polar surface area (TPSA) is 70.6 Å². The summed E-state index contributed by atoms with van der Waals surface area (Å²) in [7, 11) is -3.27. The molecule has 0 aliphatic carbocycles. The second kappa shape index (κ2) is 8.00. The zero-order chi connectivity index (χ0) is 21.5. The van der Waals surface area contributed by atoms with Crippen molar-refractivity contribution in [1.82, 2.24) is 9.88 Å². The lowest BCUT2D eigenvalue weighted by molar-refractivity contribution is 0.0746. The number of nitrogens with zero attached hydrogens (tertiary/aromatic N) is 3. The van der Waals surface area contributed by atoms with Crippen molar-refractivity contribution < 1.29 is 13.2 Å². The number of piperazine rings is 1. The number of fused-ring (bicyclic) bond motifs is 1. The van der Waals surface area contributed by atoms with Gasteiger partial charge in [-0.05, 0) is 41.8 Å². The van der Waals surface area contributed by atoms with Crippen molar-refractivity contribution in [3.8, 4) is 0 Å². The molecule has 0 unspecified atom stereocenters. The molecule has 1 saturated heterocycles. The van der Waals surface area contributed by atoms with Crippen LogP contribution in [-0.2, 0) is 9.84 Å². The minimum absolute atomic E-state index is 0.0684. The summed E-state index contributed by atoms with van der Waals surface area (Å²) in [5.74, 6) is 0.355. The average molecular weight is 444 g/mol. The first-order chi connectivity index (χ1) is 14.2. The number of hydrogen-bond donors (Lipinski definition) is 0. The minimum Gasteiger partial charge on any atom is -0.345 e. The quantitative estimate of drug-likeness (QED) is 0.614. The van der Waals surface area contributed by atoms with Gasteiger partial charge in [0.15, 0.2) is 15.0 Å². The SMILES string of the molecule is CC(C)c1cccc2sc(N3CCN(C(=O)c4ccc(S(C)(=O)=O)cc4)CC3)nc12. The maximum Gasteiger partial charge on any atom is 0.253 e. The van der Waals surface area contributed by atoms with Crippen molar-refractivity contribution >= 4 is 42.4 Å². The van der Waals surface area contributed by atoms with Crippen molar-refractivity contribution in [1.29, 1.82) is 0 Å². The van der Waals surface area contributed by atoms with Crippen molar-refractivity contribution in [3.63, 3.8) is 0 Å². The highest BCUT2D eigenvalue weighted by Crippen LogP contribution is 2.33. The van der Waals surface area contributed by atoms with E-state index in [1.807, 2.05) is 4.90 Å². The van der Waals surface area contributed by atoms with E-state index >= 15 is 0 Å². The van der Waals surface area contributed by atoms with Crippen molar-refractivity contribution in [3.05, 3.63) is 53.6 Å². The monoisotopic (exact) mass is 443 g/mol. The Balaban J connectivity index is 1.45. The van der Waals surface area contributed by atoms with Crippen LogP contribution in [0.4, 0.5) is 5.13 Å². The number of carbonyl (C=O) groups excluding carboxylic acids is 1. The second-order valence-electron chi connectivity index (χ2n) is 7.92. The fraction of sp³-hybridized carbons (Fsp3) is 0.364. The number of anilines is 1. The van der Waals surface area contributed by atoms with Gasteiger partial charge in [0.05, 0.1) is 15.1 Å². The number of sulfone groups is 1. The largest absolute Gasteiger partial charge is 0.345 e. The molecule has 1 aliphatic rings. The Morgan fingerprint density at radius 1 is 1.03 bits per heavy atom. The van der Waals surface area contributed by atoms with Crippen LogP contribution in [0.3, 0.4) is 0 Å². The van der Waals surface area contributed by atoms with Crippen LogP contribution in [0.25, 0.3) is 10.2 Å². The number of amides is 1. The molecule has 8 heteroatoms. The number of benzene rings is 2. The molecule has 0 spiro atoms. The van der Waals surface area contributed by atoms with E-state index in [2.05, 4.69) is 36.9 Å². The lowest BCUT2D eigenvalue weighted by Crippen LogP contribution is -2.48. The van der Waals surface area contributed by atoms with Gasteiger partial charge in [-0.3, -0.25) is 4.79 Å². The Morgan fingerprint density at radius 2 is 1.70 bits per heavy atom. The molecule has 0 saturated carbocycles. The summed E-state index contributed by atoms with van der Waals surface area (Å²) < 4.78 is 24.4. The van der Waals surface area contributed by atoms with Gasteiger partial charge in [-0.2, -0.15) is 0 Å². The van der Waals surface area contributed by atoms with Gasteiger partial charge in [-0.1, -0.05) is 37.3 Å². The fourth-order valence-electron chi connectivity index (χ4n) is 3.69. The van der Waals surface area contributed by atoms with Crippen molar-refractivity contribution in [2.75, 3.05) is 37.3 Å². The van der Waals surface area contributed by atoms with E-state index in [0.717, 1.165) is 30.0 Å². The molecule has 0 atom stereocenters. The summed E-state index contributed by atoms with van der Waals surface area (Å²) in [6.45, 7) is 7.04. The van der Waals surface area contributed by atoms with Gasteiger partial charge in [0.2, 0.25) is 0 Å². The third-order valence-electron chi connectivity index (χ3n) is 5.43. The Bertz CT molecular complexity index is 1180. The van der Waals surface area contributed by atoms with Gasteiger partial charge in [-0.25, -0.2) is 13.4 Å². The number of thiazole rings is 1. The lowest BCUT2D eigenvalue weighted by Gasteiger charge is -2.34. The number of para-hydroxylation sites is 1. The van der Waals surface area contributed by atoms with Crippen LogP contribution >= 0.6 is 11.3 Å². The zero-order valence-electron chi connectivity index (χ0n) is 17.3. The molecule has 0 N–H and O–H groups in total. The Labute approximate surface area is 181 Å². The van der Waals surface area contributed by atoms with E-state index in [1.54, 1.807) is 23.5 Å². The molecule has 1 aromatic heterocycles. The summed E-state index contributed by atoms with van der Waals surface area (Å²) in [4.78, 5) is 22.0. The maximum absolute atomic E-state index is 12.8. The van der Waals surface area contributed by atoms with Crippen LogP contribution in [0.1, 0.15) is 35.7 Å². The zero-order valence-corrected chi connectivity index (χ0v) is 19.0. The molecular weight excluding hydrogens is 418 g/mol. The van der Waals surface area contributed by atoms with Crippen LogP contribution < -0.4 is 4.90 Å². The number of rotatable bonds is 4. The van der Waals surface area contributed by atoms with Crippen LogP contribution in [0, 0.1) is 0 Å². The highest BCUT2D eigenvalue weighted by molar-refractivity contribution is 7.90. The molecule has 158 valence electrons. The van der Waals surface area contributed by atoms with Crippen molar-refractivity contribution in [2.45, 2.75) is 24.7 Å². The van der Waals surface area contributed by atoms with Crippen LogP contribution in [0.5, 0.6) is 0 Å². The van der Waals surface area contributed by atoms with Gasteiger partial charge in [-0.15, -0.1) is 0 Å². The number of aromatic nitrogens is 1. The Hall–Kier alpha value is -2.45. The summed E-state index contributed by atoms with van der Waals surface area (Å²) >= 11 is 1.70. The highest BCUT2D eigenvalue weighted by Gasteiger charge is 2.24. The molecule has 0 bridgehead atoms. The first-order valence-corrected chi connectivity index (χ1v) is 12.7. The van der Waals surface area contributed by atoms with E-state index in [4.69, 9.17) is 4.98 Å². The van der Waals surface area contributed by atoms with Gasteiger partial charge >= 0.3 is 0 Å². The minimum atomic E-state index is -3.27. The van der Waals surface area contributed by atoms with Gasteiger partial charge < -0.3 is 9.80 Å². The third kappa shape index (κ3) is 4.06.